The summed E-state index contributed by atoms with van der Waals surface area (Å²) in [5.74, 6) is 1.69. The van der Waals surface area contributed by atoms with E-state index in [1.807, 2.05) is 0 Å². The Bertz CT molecular complexity index is 416. The maximum absolute atomic E-state index is 5.37. The van der Waals surface area contributed by atoms with Gasteiger partial charge in [0.05, 0.1) is 7.11 Å². The number of nitrogens with one attached hydrogen (secondary N) is 1. The predicted molar refractivity (Wildman–Crippen MR) is 80.7 cm³/mol. The summed E-state index contributed by atoms with van der Waals surface area (Å²) in [5, 5.41) is 3.82. The zero-order chi connectivity index (χ0) is 13.8. The number of methoxy groups -OCH3 is 1. The Hall–Kier alpha value is -1.02. The first-order valence-electron chi connectivity index (χ1n) is 7.58. The van der Waals surface area contributed by atoms with Crippen molar-refractivity contribution >= 4 is 0 Å². The molecule has 0 bridgehead atoms. The van der Waals surface area contributed by atoms with Crippen LogP contribution >= 0.6 is 0 Å². The van der Waals surface area contributed by atoms with E-state index in [4.69, 9.17) is 4.74 Å². The van der Waals surface area contributed by atoms with Crippen LogP contribution in [0.2, 0.25) is 0 Å². The molecule has 0 radical (unpaired) electrons. The van der Waals surface area contributed by atoms with Crippen LogP contribution in [0.15, 0.2) is 18.2 Å². The number of aryl methyl sites for hydroxylation is 1. The van der Waals surface area contributed by atoms with Crippen molar-refractivity contribution in [3.05, 3.63) is 29.3 Å². The summed E-state index contributed by atoms with van der Waals surface area (Å²) < 4.78 is 5.37. The smallest absolute Gasteiger partial charge is 0.119 e. The van der Waals surface area contributed by atoms with Crippen molar-refractivity contribution in [2.75, 3.05) is 7.11 Å². The second-order valence-electron chi connectivity index (χ2n) is 5.85. The van der Waals surface area contributed by atoms with E-state index in [0.29, 0.717) is 12.1 Å². The minimum atomic E-state index is 0.489. The number of ether oxygens (including phenoxy) is 1. The van der Waals surface area contributed by atoms with Gasteiger partial charge in [-0.2, -0.15) is 0 Å². The largest absolute Gasteiger partial charge is 0.497 e. The number of fused-ring (bicyclic) bond motifs is 1. The van der Waals surface area contributed by atoms with Crippen molar-refractivity contribution < 1.29 is 4.74 Å². The van der Waals surface area contributed by atoms with Crippen LogP contribution in [-0.4, -0.2) is 13.2 Å². The monoisotopic (exact) mass is 261 g/mol. The highest BCUT2D eigenvalue weighted by molar-refractivity contribution is 5.39. The fraction of sp³-hybridized carbons (Fsp3) is 0.647. The van der Waals surface area contributed by atoms with E-state index in [2.05, 4.69) is 44.3 Å². The van der Waals surface area contributed by atoms with Crippen LogP contribution < -0.4 is 10.1 Å². The molecule has 1 N–H and O–H groups in total. The van der Waals surface area contributed by atoms with Gasteiger partial charge in [-0.15, -0.1) is 0 Å². The molecule has 3 atom stereocenters. The molecule has 0 aliphatic heterocycles. The van der Waals surface area contributed by atoms with Crippen molar-refractivity contribution in [2.45, 2.75) is 58.5 Å². The molecular weight excluding hydrogens is 234 g/mol. The van der Waals surface area contributed by atoms with Gasteiger partial charge in [0.25, 0.3) is 0 Å². The van der Waals surface area contributed by atoms with Crippen molar-refractivity contribution in [1.29, 1.82) is 0 Å². The number of rotatable bonds is 5. The topological polar surface area (TPSA) is 21.3 Å². The third-order valence-corrected chi connectivity index (χ3v) is 4.63. The highest BCUT2D eigenvalue weighted by Crippen LogP contribution is 2.33. The number of benzene rings is 1. The molecule has 0 saturated heterocycles. The Labute approximate surface area is 117 Å². The first-order valence-corrected chi connectivity index (χ1v) is 7.58. The third kappa shape index (κ3) is 3.30. The first-order chi connectivity index (χ1) is 9.15. The SMILES string of the molecule is CCC(C)C(C)NC1CCCc2ccc(OC)cc21. The molecule has 0 heterocycles. The Kier molecular flexibility index (Phi) is 4.87. The van der Waals surface area contributed by atoms with Crippen LogP contribution in [-0.2, 0) is 6.42 Å². The molecule has 0 aromatic heterocycles. The Morgan fingerprint density at radius 1 is 1.37 bits per heavy atom. The maximum atomic E-state index is 5.37. The molecule has 106 valence electrons. The fourth-order valence-corrected chi connectivity index (χ4v) is 2.91. The minimum absolute atomic E-state index is 0.489. The molecule has 19 heavy (non-hydrogen) atoms. The number of hydrogen-bond acceptors (Lipinski definition) is 2. The van der Waals surface area contributed by atoms with Gasteiger partial charge in [-0.3, -0.25) is 0 Å². The molecule has 1 aliphatic rings. The molecule has 3 unspecified atom stereocenters. The molecule has 1 aliphatic carbocycles. The Morgan fingerprint density at radius 3 is 2.84 bits per heavy atom. The summed E-state index contributed by atoms with van der Waals surface area (Å²) >= 11 is 0. The van der Waals surface area contributed by atoms with E-state index in [1.165, 1.54) is 36.8 Å². The summed E-state index contributed by atoms with van der Waals surface area (Å²) in [6, 6.07) is 7.58. The molecule has 0 fully saturated rings. The average molecular weight is 261 g/mol. The lowest BCUT2D eigenvalue weighted by molar-refractivity contribution is 0.329. The zero-order valence-corrected chi connectivity index (χ0v) is 12.7. The fourth-order valence-electron chi connectivity index (χ4n) is 2.91. The molecule has 1 aromatic rings. The minimum Gasteiger partial charge on any atom is -0.497 e. The maximum Gasteiger partial charge on any atom is 0.119 e. The summed E-state index contributed by atoms with van der Waals surface area (Å²) in [7, 11) is 1.74. The first kappa shape index (κ1) is 14.4. The predicted octanol–water partition coefficient (Wildman–Crippen LogP) is 4.10. The standard InChI is InChI=1S/C17H27NO/c1-5-12(2)13(3)18-17-8-6-7-14-9-10-15(19-4)11-16(14)17/h9-13,17-18H,5-8H2,1-4H3. The zero-order valence-electron chi connectivity index (χ0n) is 12.7. The molecule has 2 heteroatoms. The van der Waals surface area contributed by atoms with Gasteiger partial charge in [-0.05, 0) is 55.4 Å². The van der Waals surface area contributed by atoms with Crippen LogP contribution in [0.25, 0.3) is 0 Å². The highest BCUT2D eigenvalue weighted by atomic mass is 16.5. The van der Waals surface area contributed by atoms with Crippen LogP contribution in [0.4, 0.5) is 0 Å². The van der Waals surface area contributed by atoms with Crippen LogP contribution in [0.3, 0.4) is 0 Å². The summed E-state index contributed by atoms with van der Waals surface area (Å²) in [4.78, 5) is 0. The average Bonchev–Trinajstić information content (AvgIpc) is 2.46. The van der Waals surface area contributed by atoms with Gasteiger partial charge in [0.1, 0.15) is 5.75 Å². The molecule has 2 rings (SSSR count). The van der Waals surface area contributed by atoms with Gasteiger partial charge in [-0.1, -0.05) is 26.3 Å². The van der Waals surface area contributed by atoms with E-state index in [-0.39, 0.29) is 0 Å². The number of hydrogen-bond donors (Lipinski definition) is 1. The Morgan fingerprint density at radius 2 is 2.16 bits per heavy atom. The summed E-state index contributed by atoms with van der Waals surface area (Å²) in [6.45, 7) is 6.90. The van der Waals surface area contributed by atoms with Crippen LogP contribution in [0.5, 0.6) is 5.75 Å². The second kappa shape index (κ2) is 6.42. The van der Waals surface area contributed by atoms with E-state index in [1.54, 1.807) is 7.11 Å². The van der Waals surface area contributed by atoms with Gasteiger partial charge in [0, 0.05) is 12.1 Å². The lowest BCUT2D eigenvalue weighted by atomic mass is 9.86. The lowest BCUT2D eigenvalue weighted by Crippen LogP contribution is -2.36. The van der Waals surface area contributed by atoms with E-state index < -0.39 is 0 Å². The molecule has 0 amide bonds. The van der Waals surface area contributed by atoms with Gasteiger partial charge >= 0.3 is 0 Å². The normalized spacial score (nSPS) is 21.6. The van der Waals surface area contributed by atoms with Crippen molar-refractivity contribution in [3.63, 3.8) is 0 Å². The van der Waals surface area contributed by atoms with Gasteiger partial charge in [0.15, 0.2) is 0 Å². The third-order valence-electron chi connectivity index (χ3n) is 4.63. The summed E-state index contributed by atoms with van der Waals surface area (Å²) in [6.07, 6.45) is 4.95. The molecule has 2 nitrogen and oxygen atoms in total. The van der Waals surface area contributed by atoms with E-state index in [9.17, 15) is 0 Å². The van der Waals surface area contributed by atoms with Crippen molar-refractivity contribution in [1.82, 2.24) is 5.32 Å². The second-order valence-corrected chi connectivity index (χ2v) is 5.85. The van der Waals surface area contributed by atoms with Crippen molar-refractivity contribution in [3.8, 4) is 5.75 Å². The van der Waals surface area contributed by atoms with Crippen LogP contribution in [0.1, 0.15) is 57.2 Å². The summed E-state index contributed by atoms with van der Waals surface area (Å²) in [5.41, 5.74) is 2.93. The van der Waals surface area contributed by atoms with Gasteiger partial charge in [0.2, 0.25) is 0 Å². The molecular formula is C17H27NO. The Balaban J connectivity index is 2.16. The van der Waals surface area contributed by atoms with Gasteiger partial charge < -0.3 is 10.1 Å². The molecule has 0 saturated carbocycles. The van der Waals surface area contributed by atoms with E-state index >= 15 is 0 Å². The quantitative estimate of drug-likeness (QED) is 0.861. The lowest BCUT2D eigenvalue weighted by Gasteiger charge is -2.31. The molecule has 1 aromatic carbocycles. The highest BCUT2D eigenvalue weighted by Gasteiger charge is 2.23. The van der Waals surface area contributed by atoms with Gasteiger partial charge in [-0.25, -0.2) is 0 Å². The van der Waals surface area contributed by atoms with Crippen LogP contribution in [0, 0.1) is 5.92 Å². The molecule has 0 spiro atoms. The van der Waals surface area contributed by atoms with Crippen molar-refractivity contribution in [2.24, 2.45) is 5.92 Å². The van der Waals surface area contributed by atoms with E-state index in [0.717, 1.165) is 11.7 Å².